The SMILES string of the molecule is CCN(CC)c1cccnc1N1CCN(C(=O)c2c[nH]c3ccccc23)CC1. The highest BCUT2D eigenvalue weighted by Gasteiger charge is 2.26. The number of H-pyrrole nitrogens is 1. The van der Waals surface area contributed by atoms with Crippen LogP contribution in [0.5, 0.6) is 0 Å². The number of benzene rings is 1. The van der Waals surface area contributed by atoms with Gasteiger partial charge in [0.05, 0.1) is 11.3 Å². The maximum absolute atomic E-state index is 13.0. The lowest BCUT2D eigenvalue weighted by atomic mass is 10.1. The van der Waals surface area contributed by atoms with Crippen molar-refractivity contribution in [2.75, 3.05) is 49.1 Å². The summed E-state index contributed by atoms with van der Waals surface area (Å²) >= 11 is 0. The van der Waals surface area contributed by atoms with E-state index in [1.54, 1.807) is 0 Å². The third-order valence-corrected chi connectivity index (χ3v) is 5.56. The van der Waals surface area contributed by atoms with E-state index in [1.807, 2.05) is 47.6 Å². The number of aromatic amines is 1. The average molecular weight is 377 g/mol. The Morgan fingerprint density at radius 3 is 2.57 bits per heavy atom. The number of fused-ring (bicyclic) bond motifs is 1. The summed E-state index contributed by atoms with van der Waals surface area (Å²) in [5, 5.41) is 0.989. The number of pyridine rings is 1. The maximum Gasteiger partial charge on any atom is 0.256 e. The summed E-state index contributed by atoms with van der Waals surface area (Å²) in [6, 6.07) is 12.1. The minimum Gasteiger partial charge on any atom is -0.369 e. The highest BCUT2D eigenvalue weighted by Crippen LogP contribution is 2.28. The van der Waals surface area contributed by atoms with Crippen molar-refractivity contribution in [2.24, 2.45) is 0 Å². The number of hydrogen-bond acceptors (Lipinski definition) is 4. The van der Waals surface area contributed by atoms with Crippen LogP contribution >= 0.6 is 0 Å². The van der Waals surface area contributed by atoms with Gasteiger partial charge in [0.1, 0.15) is 0 Å². The molecule has 1 aromatic carbocycles. The fourth-order valence-electron chi connectivity index (χ4n) is 3.98. The fraction of sp³-hybridized carbons (Fsp3) is 0.364. The molecule has 1 amide bonds. The average Bonchev–Trinajstić information content (AvgIpc) is 3.19. The largest absolute Gasteiger partial charge is 0.369 e. The van der Waals surface area contributed by atoms with Crippen molar-refractivity contribution in [1.29, 1.82) is 0 Å². The third kappa shape index (κ3) is 3.30. The van der Waals surface area contributed by atoms with E-state index in [-0.39, 0.29) is 5.91 Å². The zero-order valence-corrected chi connectivity index (χ0v) is 16.6. The van der Waals surface area contributed by atoms with Crippen LogP contribution in [0, 0.1) is 0 Å². The van der Waals surface area contributed by atoms with Crippen molar-refractivity contribution in [3.63, 3.8) is 0 Å². The Hall–Kier alpha value is -3.02. The smallest absolute Gasteiger partial charge is 0.256 e. The minimum absolute atomic E-state index is 0.0992. The summed E-state index contributed by atoms with van der Waals surface area (Å²) in [6.45, 7) is 9.22. The second-order valence-electron chi connectivity index (χ2n) is 7.05. The van der Waals surface area contributed by atoms with Gasteiger partial charge in [-0.3, -0.25) is 4.79 Å². The molecule has 0 spiro atoms. The molecule has 1 N–H and O–H groups in total. The molecule has 146 valence electrons. The van der Waals surface area contributed by atoms with Crippen molar-refractivity contribution >= 4 is 28.3 Å². The van der Waals surface area contributed by atoms with Crippen molar-refractivity contribution in [2.45, 2.75) is 13.8 Å². The molecule has 6 heteroatoms. The molecule has 0 saturated carbocycles. The van der Waals surface area contributed by atoms with Crippen LogP contribution in [-0.2, 0) is 0 Å². The maximum atomic E-state index is 13.0. The Morgan fingerprint density at radius 2 is 1.82 bits per heavy atom. The Kier molecular flexibility index (Phi) is 5.19. The third-order valence-electron chi connectivity index (χ3n) is 5.56. The zero-order valence-electron chi connectivity index (χ0n) is 16.6. The van der Waals surface area contributed by atoms with Crippen molar-refractivity contribution in [3.05, 3.63) is 54.4 Å². The van der Waals surface area contributed by atoms with E-state index in [0.717, 1.165) is 48.5 Å². The first-order valence-electron chi connectivity index (χ1n) is 10.0. The topological polar surface area (TPSA) is 55.5 Å². The van der Waals surface area contributed by atoms with Crippen LogP contribution in [0.25, 0.3) is 10.9 Å². The van der Waals surface area contributed by atoms with E-state index in [9.17, 15) is 4.79 Å². The molecule has 0 atom stereocenters. The van der Waals surface area contributed by atoms with Crippen molar-refractivity contribution < 1.29 is 4.79 Å². The molecule has 0 aliphatic carbocycles. The van der Waals surface area contributed by atoms with Gasteiger partial charge in [-0.1, -0.05) is 18.2 Å². The van der Waals surface area contributed by atoms with E-state index in [4.69, 9.17) is 0 Å². The number of carbonyl (C=O) groups is 1. The van der Waals surface area contributed by atoms with Crippen molar-refractivity contribution in [3.8, 4) is 0 Å². The lowest BCUT2D eigenvalue weighted by Crippen LogP contribution is -2.49. The van der Waals surface area contributed by atoms with E-state index >= 15 is 0 Å². The Morgan fingerprint density at radius 1 is 1.07 bits per heavy atom. The molecule has 6 nitrogen and oxygen atoms in total. The second kappa shape index (κ2) is 7.92. The van der Waals surface area contributed by atoms with Crippen molar-refractivity contribution in [1.82, 2.24) is 14.9 Å². The van der Waals surface area contributed by atoms with Gasteiger partial charge in [0.15, 0.2) is 5.82 Å². The summed E-state index contributed by atoms with van der Waals surface area (Å²) in [7, 11) is 0. The van der Waals surface area contributed by atoms with Gasteiger partial charge in [-0.05, 0) is 32.0 Å². The molecule has 1 fully saturated rings. The number of amides is 1. The summed E-state index contributed by atoms with van der Waals surface area (Å²) in [6.07, 6.45) is 3.68. The number of aromatic nitrogens is 2. The summed E-state index contributed by atoms with van der Waals surface area (Å²) < 4.78 is 0. The molecule has 2 aromatic heterocycles. The zero-order chi connectivity index (χ0) is 19.5. The molecule has 0 bridgehead atoms. The molecule has 1 aliphatic rings. The lowest BCUT2D eigenvalue weighted by molar-refractivity contribution is 0.0748. The van der Waals surface area contributed by atoms with Gasteiger partial charge in [0.25, 0.3) is 5.91 Å². The standard InChI is InChI=1S/C22H27N5O/c1-3-25(4-2)20-10-7-11-23-21(20)26-12-14-27(15-13-26)22(28)18-16-24-19-9-6-5-8-17(18)19/h5-11,16,24H,3-4,12-15H2,1-2H3. The summed E-state index contributed by atoms with van der Waals surface area (Å²) in [5.41, 5.74) is 2.93. The molecule has 3 heterocycles. The number of carbonyl (C=O) groups excluding carboxylic acids is 1. The van der Waals surface area contributed by atoms with Gasteiger partial charge in [0, 0.05) is 62.6 Å². The summed E-state index contributed by atoms with van der Waals surface area (Å²) in [4.78, 5) is 27.5. The van der Waals surface area contributed by atoms with Crippen LogP contribution in [0.4, 0.5) is 11.5 Å². The first kappa shape index (κ1) is 18.3. The highest BCUT2D eigenvalue weighted by atomic mass is 16.2. The quantitative estimate of drug-likeness (QED) is 0.741. The molecular weight excluding hydrogens is 350 g/mol. The molecule has 0 unspecified atom stereocenters. The first-order valence-corrected chi connectivity index (χ1v) is 10.0. The number of para-hydroxylation sites is 1. The molecule has 1 aliphatic heterocycles. The predicted octanol–water partition coefficient (Wildman–Crippen LogP) is 3.37. The normalized spacial score (nSPS) is 14.5. The number of anilines is 2. The van der Waals surface area contributed by atoms with E-state index < -0.39 is 0 Å². The molecule has 0 radical (unpaired) electrons. The fourth-order valence-corrected chi connectivity index (χ4v) is 3.98. The van der Waals surface area contributed by atoms with E-state index in [2.05, 4.69) is 39.7 Å². The summed E-state index contributed by atoms with van der Waals surface area (Å²) in [5.74, 6) is 1.12. The second-order valence-corrected chi connectivity index (χ2v) is 7.05. The van der Waals surface area contributed by atoms with Gasteiger partial charge in [-0.15, -0.1) is 0 Å². The number of nitrogens with zero attached hydrogens (tertiary/aromatic N) is 4. The molecule has 4 rings (SSSR count). The Labute approximate surface area is 165 Å². The van der Waals surface area contributed by atoms with Crippen LogP contribution < -0.4 is 9.80 Å². The van der Waals surface area contributed by atoms with Gasteiger partial charge in [-0.25, -0.2) is 4.98 Å². The lowest BCUT2D eigenvalue weighted by Gasteiger charge is -2.37. The van der Waals surface area contributed by atoms with Gasteiger partial charge in [0.2, 0.25) is 0 Å². The van der Waals surface area contributed by atoms with E-state index in [0.29, 0.717) is 13.1 Å². The molecular formula is C22H27N5O. The van der Waals surface area contributed by atoms with Crippen LogP contribution in [0.1, 0.15) is 24.2 Å². The Balaban J connectivity index is 1.49. The van der Waals surface area contributed by atoms with Gasteiger partial charge < -0.3 is 19.7 Å². The van der Waals surface area contributed by atoms with E-state index in [1.165, 1.54) is 5.69 Å². The molecule has 3 aromatic rings. The number of hydrogen-bond donors (Lipinski definition) is 1. The predicted molar refractivity (Wildman–Crippen MR) is 114 cm³/mol. The Bertz CT molecular complexity index is 954. The minimum atomic E-state index is 0.0992. The highest BCUT2D eigenvalue weighted by molar-refractivity contribution is 6.06. The number of nitrogens with one attached hydrogen (secondary N) is 1. The van der Waals surface area contributed by atoms with Gasteiger partial charge in [-0.2, -0.15) is 0 Å². The van der Waals surface area contributed by atoms with Crippen LogP contribution in [-0.4, -0.2) is 60.0 Å². The first-order chi connectivity index (χ1) is 13.7. The number of rotatable bonds is 5. The van der Waals surface area contributed by atoms with Crippen LogP contribution in [0.15, 0.2) is 48.8 Å². The van der Waals surface area contributed by atoms with Crippen LogP contribution in [0.2, 0.25) is 0 Å². The van der Waals surface area contributed by atoms with Gasteiger partial charge >= 0.3 is 0 Å². The number of piperazine rings is 1. The molecule has 1 saturated heterocycles. The molecule has 28 heavy (non-hydrogen) atoms. The monoisotopic (exact) mass is 377 g/mol. The van der Waals surface area contributed by atoms with Crippen LogP contribution in [0.3, 0.4) is 0 Å².